The van der Waals surface area contributed by atoms with Gasteiger partial charge < -0.3 is 14.3 Å². The summed E-state index contributed by atoms with van der Waals surface area (Å²) in [7, 11) is 0. The van der Waals surface area contributed by atoms with Gasteiger partial charge in [0.15, 0.2) is 0 Å². The van der Waals surface area contributed by atoms with E-state index in [1.165, 1.54) is 6.08 Å². The van der Waals surface area contributed by atoms with E-state index >= 15 is 0 Å². The number of hydrogen-bond acceptors (Lipinski definition) is 3. The van der Waals surface area contributed by atoms with Crippen molar-refractivity contribution in [3.63, 3.8) is 0 Å². The molecule has 4 heteroatoms. The number of hydrogen-bond donors (Lipinski definition) is 1. The van der Waals surface area contributed by atoms with Gasteiger partial charge >= 0.3 is 5.97 Å². The van der Waals surface area contributed by atoms with Crippen LogP contribution in [0.15, 0.2) is 46.9 Å². The van der Waals surface area contributed by atoms with Crippen molar-refractivity contribution in [1.82, 2.24) is 0 Å². The molecule has 0 fully saturated rings. The second-order valence-electron chi connectivity index (χ2n) is 3.74. The summed E-state index contributed by atoms with van der Waals surface area (Å²) in [4.78, 5) is 10.3. The molecule has 0 saturated heterocycles. The Morgan fingerprint density at radius 3 is 2.61 bits per heavy atom. The summed E-state index contributed by atoms with van der Waals surface area (Å²) < 4.78 is 10.8. The fourth-order valence-corrected chi connectivity index (χ4v) is 1.35. The van der Waals surface area contributed by atoms with Crippen molar-refractivity contribution in [3.05, 3.63) is 53.8 Å². The van der Waals surface area contributed by atoms with Gasteiger partial charge in [-0.2, -0.15) is 0 Å². The summed E-state index contributed by atoms with van der Waals surface area (Å²) >= 11 is 0. The number of aryl methyl sites for hydroxylation is 1. The van der Waals surface area contributed by atoms with Crippen LogP contribution in [0.3, 0.4) is 0 Å². The molecule has 0 spiro atoms. The Bertz CT molecular complexity index is 564. The molecule has 0 aliphatic heterocycles. The minimum atomic E-state index is -1.02. The van der Waals surface area contributed by atoms with E-state index in [0.29, 0.717) is 17.5 Å². The second-order valence-corrected chi connectivity index (χ2v) is 3.74. The first-order chi connectivity index (χ1) is 8.63. The first-order valence-corrected chi connectivity index (χ1v) is 5.39. The van der Waals surface area contributed by atoms with Crippen LogP contribution in [0, 0.1) is 6.92 Å². The van der Waals surface area contributed by atoms with Crippen molar-refractivity contribution in [2.24, 2.45) is 0 Å². The minimum Gasteiger partial charge on any atom is -0.478 e. The van der Waals surface area contributed by atoms with Crippen LogP contribution in [0.25, 0.3) is 6.08 Å². The van der Waals surface area contributed by atoms with E-state index < -0.39 is 5.97 Å². The molecule has 2 aromatic rings. The van der Waals surface area contributed by atoms with Gasteiger partial charge in [0.1, 0.15) is 11.5 Å². The number of ether oxygens (including phenoxy) is 1. The van der Waals surface area contributed by atoms with E-state index in [0.717, 1.165) is 11.6 Å². The van der Waals surface area contributed by atoms with Crippen molar-refractivity contribution >= 4 is 12.0 Å². The van der Waals surface area contributed by atoms with Crippen LogP contribution in [0.1, 0.15) is 11.3 Å². The maximum atomic E-state index is 10.3. The molecule has 2 rings (SSSR count). The Balaban J connectivity index is 2.06. The summed E-state index contributed by atoms with van der Waals surface area (Å²) in [5, 5.41) is 8.48. The summed E-state index contributed by atoms with van der Waals surface area (Å²) in [5.74, 6) is 0.402. The summed E-state index contributed by atoms with van der Waals surface area (Å²) in [6.45, 7) is 1.99. The molecule has 0 bridgehead atoms. The molecule has 1 heterocycles. The zero-order chi connectivity index (χ0) is 13.0. The normalized spacial score (nSPS) is 10.7. The predicted octanol–water partition coefficient (Wildman–Crippen LogP) is 3.48. The van der Waals surface area contributed by atoms with Crippen LogP contribution in [0.2, 0.25) is 0 Å². The van der Waals surface area contributed by atoms with Crippen molar-refractivity contribution in [3.8, 4) is 11.7 Å². The van der Waals surface area contributed by atoms with E-state index in [-0.39, 0.29) is 0 Å². The van der Waals surface area contributed by atoms with E-state index in [1.54, 1.807) is 12.1 Å². The first kappa shape index (κ1) is 12.0. The predicted molar refractivity (Wildman–Crippen MR) is 66.6 cm³/mol. The third-order valence-electron chi connectivity index (χ3n) is 2.23. The third-order valence-corrected chi connectivity index (χ3v) is 2.23. The van der Waals surface area contributed by atoms with Gasteiger partial charge in [-0.05, 0) is 31.2 Å². The van der Waals surface area contributed by atoms with Crippen molar-refractivity contribution in [2.45, 2.75) is 6.92 Å². The smallest absolute Gasteiger partial charge is 0.328 e. The molecule has 0 aliphatic carbocycles. The lowest BCUT2D eigenvalue weighted by Crippen LogP contribution is -1.84. The Labute approximate surface area is 104 Å². The molecule has 1 aromatic heterocycles. The molecule has 0 saturated carbocycles. The number of rotatable bonds is 4. The van der Waals surface area contributed by atoms with Gasteiger partial charge in [-0.3, -0.25) is 0 Å². The molecule has 4 nitrogen and oxygen atoms in total. The zero-order valence-electron chi connectivity index (χ0n) is 9.79. The molecule has 1 N–H and O–H groups in total. The Morgan fingerprint density at radius 2 is 1.94 bits per heavy atom. The van der Waals surface area contributed by atoms with E-state index in [4.69, 9.17) is 14.3 Å². The number of carboxylic acids is 1. The lowest BCUT2D eigenvalue weighted by molar-refractivity contribution is -0.131. The lowest BCUT2D eigenvalue weighted by Gasteiger charge is -2.01. The topological polar surface area (TPSA) is 59.7 Å². The monoisotopic (exact) mass is 244 g/mol. The van der Waals surface area contributed by atoms with Crippen molar-refractivity contribution in [1.29, 1.82) is 0 Å². The van der Waals surface area contributed by atoms with Crippen LogP contribution >= 0.6 is 0 Å². The van der Waals surface area contributed by atoms with Crippen LogP contribution in [0.5, 0.6) is 11.7 Å². The van der Waals surface area contributed by atoms with Crippen molar-refractivity contribution < 1.29 is 19.1 Å². The van der Waals surface area contributed by atoms with E-state index in [1.807, 2.05) is 31.2 Å². The average Bonchev–Trinajstić information content (AvgIpc) is 2.77. The van der Waals surface area contributed by atoms with Gasteiger partial charge in [0.2, 0.25) is 0 Å². The standard InChI is InChI=1S/C14H12O4/c1-10-2-4-11(5-3-10)17-14-9-7-12(18-14)6-8-13(15)16/h2-9H,1H3,(H,15,16). The highest BCUT2D eigenvalue weighted by Gasteiger charge is 2.02. The Kier molecular flexibility index (Phi) is 3.48. The lowest BCUT2D eigenvalue weighted by atomic mass is 10.2. The first-order valence-electron chi connectivity index (χ1n) is 5.39. The maximum absolute atomic E-state index is 10.3. The molecule has 0 radical (unpaired) electrons. The molecular formula is C14H12O4. The van der Waals surface area contributed by atoms with Crippen LogP contribution in [-0.4, -0.2) is 11.1 Å². The largest absolute Gasteiger partial charge is 0.478 e. The summed E-state index contributed by atoms with van der Waals surface area (Å²) in [5.41, 5.74) is 1.15. The molecule has 0 amide bonds. The van der Waals surface area contributed by atoms with Gasteiger partial charge in [0.25, 0.3) is 5.95 Å². The highest BCUT2D eigenvalue weighted by molar-refractivity contribution is 5.84. The number of aliphatic carboxylic acids is 1. The van der Waals surface area contributed by atoms with Gasteiger partial charge in [-0.1, -0.05) is 17.7 Å². The van der Waals surface area contributed by atoms with Crippen LogP contribution in [-0.2, 0) is 4.79 Å². The molecule has 1 aromatic carbocycles. The van der Waals surface area contributed by atoms with Gasteiger partial charge in [-0.25, -0.2) is 4.79 Å². The van der Waals surface area contributed by atoms with E-state index in [9.17, 15) is 4.79 Å². The van der Waals surface area contributed by atoms with Crippen LogP contribution < -0.4 is 4.74 Å². The minimum absolute atomic E-state index is 0.323. The Hall–Kier alpha value is -2.49. The van der Waals surface area contributed by atoms with Crippen LogP contribution in [0.4, 0.5) is 0 Å². The van der Waals surface area contributed by atoms with Gasteiger partial charge in [0.05, 0.1) is 0 Å². The molecule has 92 valence electrons. The Morgan fingerprint density at radius 1 is 1.22 bits per heavy atom. The highest BCUT2D eigenvalue weighted by Crippen LogP contribution is 2.24. The van der Waals surface area contributed by atoms with Gasteiger partial charge in [-0.15, -0.1) is 0 Å². The molecule has 18 heavy (non-hydrogen) atoms. The maximum Gasteiger partial charge on any atom is 0.328 e. The third kappa shape index (κ3) is 3.25. The average molecular weight is 244 g/mol. The number of furan rings is 1. The van der Waals surface area contributed by atoms with Gasteiger partial charge in [0, 0.05) is 12.1 Å². The molecular weight excluding hydrogens is 232 g/mol. The summed E-state index contributed by atoms with van der Waals surface area (Å²) in [6.07, 6.45) is 2.37. The molecule has 0 aliphatic rings. The fourth-order valence-electron chi connectivity index (χ4n) is 1.35. The second kappa shape index (κ2) is 5.23. The SMILES string of the molecule is Cc1ccc(Oc2ccc(C=CC(=O)O)o2)cc1. The van der Waals surface area contributed by atoms with E-state index in [2.05, 4.69) is 0 Å². The summed E-state index contributed by atoms with van der Waals surface area (Å²) in [6, 6.07) is 10.8. The molecule has 0 unspecified atom stereocenters. The van der Waals surface area contributed by atoms with Crippen molar-refractivity contribution in [2.75, 3.05) is 0 Å². The number of carbonyl (C=O) groups is 1. The zero-order valence-corrected chi connectivity index (χ0v) is 9.79. The molecule has 0 atom stereocenters. The fraction of sp³-hybridized carbons (Fsp3) is 0.0714. The number of benzene rings is 1. The number of carboxylic acid groups (broad SMARTS) is 1. The highest BCUT2D eigenvalue weighted by atomic mass is 16.6. The quantitative estimate of drug-likeness (QED) is 0.836.